The van der Waals surface area contributed by atoms with Gasteiger partial charge in [-0.2, -0.15) is 0 Å². The van der Waals surface area contributed by atoms with Crippen LogP contribution >= 0.6 is 23.2 Å². The number of carbonyl (C=O) groups is 1. The number of rotatable bonds is 3. The van der Waals surface area contributed by atoms with Crippen molar-refractivity contribution in [2.75, 3.05) is 20.8 Å². The van der Waals surface area contributed by atoms with E-state index in [4.69, 9.17) is 27.9 Å². The molecule has 0 aliphatic carbocycles. The van der Waals surface area contributed by atoms with Crippen LogP contribution in [0.25, 0.3) is 0 Å². The van der Waals surface area contributed by atoms with E-state index in [0.29, 0.717) is 16.5 Å². The van der Waals surface area contributed by atoms with E-state index in [1.54, 1.807) is 12.1 Å². The number of carbonyl (C=O) groups excluding carboxylic acids is 1. The predicted octanol–water partition coefficient (Wildman–Crippen LogP) is 2.91. The molecule has 21 heavy (non-hydrogen) atoms. The summed E-state index contributed by atoms with van der Waals surface area (Å²) in [7, 11) is 3.22. The van der Waals surface area contributed by atoms with Gasteiger partial charge in [-0.15, -0.1) is 0 Å². The molecule has 4 nitrogen and oxygen atoms in total. The van der Waals surface area contributed by atoms with Gasteiger partial charge in [-0.1, -0.05) is 29.3 Å². The number of aliphatic hydroxyl groups is 1. The van der Waals surface area contributed by atoms with Crippen LogP contribution in [0.2, 0.25) is 10.0 Å². The number of likely N-dealkylation sites (N-methyl/N-ethyl adjacent to an activating group) is 1. The van der Waals surface area contributed by atoms with Crippen LogP contribution in [0.5, 0.6) is 0 Å². The van der Waals surface area contributed by atoms with Crippen molar-refractivity contribution in [3.05, 3.63) is 33.8 Å². The molecule has 116 valence electrons. The van der Waals surface area contributed by atoms with Crippen molar-refractivity contribution in [2.24, 2.45) is 5.92 Å². The van der Waals surface area contributed by atoms with Gasteiger partial charge in [0.2, 0.25) is 0 Å². The Morgan fingerprint density at radius 3 is 2.71 bits per heavy atom. The Kier molecular flexibility index (Phi) is 4.83. The lowest BCUT2D eigenvalue weighted by molar-refractivity contribution is -0.152. The maximum absolute atomic E-state index is 12.1. The summed E-state index contributed by atoms with van der Waals surface area (Å²) in [6.07, 6.45) is 0.510. The van der Waals surface area contributed by atoms with Gasteiger partial charge in [0.05, 0.1) is 7.11 Å². The Hall–Kier alpha value is -0.810. The van der Waals surface area contributed by atoms with Gasteiger partial charge in [-0.05, 0) is 38.1 Å². The smallest absolute Gasteiger partial charge is 0.326 e. The molecule has 0 amide bonds. The van der Waals surface area contributed by atoms with Crippen LogP contribution in [0.1, 0.15) is 24.9 Å². The van der Waals surface area contributed by atoms with Crippen molar-refractivity contribution >= 4 is 29.2 Å². The zero-order valence-electron chi connectivity index (χ0n) is 12.3. The van der Waals surface area contributed by atoms with Crippen molar-refractivity contribution in [2.45, 2.75) is 24.9 Å². The topological polar surface area (TPSA) is 49.8 Å². The Bertz CT molecular complexity index is 552. The van der Waals surface area contributed by atoms with E-state index < -0.39 is 5.54 Å². The Balaban J connectivity index is 2.44. The third kappa shape index (κ3) is 2.78. The molecule has 1 heterocycles. The maximum atomic E-state index is 12.1. The number of hydrogen-bond donors (Lipinski definition) is 1. The van der Waals surface area contributed by atoms with Crippen LogP contribution < -0.4 is 0 Å². The van der Waals surface area contributed by atoms with Gasteiger partial charge in [0.15, 0.2) is 0 Å². The fourth-order valence-corrected chi connectivity index (χ4v) is 3.73. The lowest BCUT2D eigenvalue weighted by Gasteiger charge is -2.33. The maximum Gasteiger partial charge on any atom is 0.326 e. The normalized spacial score (nSPS) is 29.6. The van der Waals surface area contributed by atoms with Crippen molar-refractivity contribution < 1.29 is 14.6 Å². The summed E-state index contributed by atoms with van der Waals surface area (Å²) in [6.45, 7) is 1.80. The van der Waals surface area contributed by atoms with E-state index >= 15 is 0 Å². The number of aliphatic hydroxyl groups excluding tert-OH is 1. The molecule has 0 saturated carbocycles. The number of halogens is 2. The monoisotopic (exact) mass is 331 g/mol. The molecule has 1 N–H and O–H groups in total. The molecule has 1 saturated heterocycles. The van der Waals surface area contributed by atoms with Gasteiger partial charge in [0, 0.05) is 28.6 Å². The standard InChI is InChI=1S/C15H19Cl2NO3/c1-15(14(20)21-3)7-9(8-19)13(18(15)2)11-5-4-10(16)6-12(11)17/h4-6,9,13,19H,7-8H2,1-3H3/t9-,13+,15-/m0/s1. The highest BCUT2D eigenvalue weighted by Crippen LogP contribution is 2.47. The zero-order chi connectivity index (χ0) is 15.8. The van der Waals surface area contributed by atoms with Gasteiger partial charge in [-0.3, -0.25) is 9.69 Å². The Morgan fingerprint density at radius 1 is 1.52 bits per heavy atom. The van der Waals surface area contributed by atoms with Gasteiger partial charge in [0.1, 0.15) is 5.54 Å². The average Bonchev–Trinajstić information content (AvgIpc) is 2.71. The second-order valence-electron chi connectivity index (χ2n) is 5.63. The van der Waals surface area contributed by atoms with Crippen molar-refractivity contribution in [3.63, 3.8) is 0 Å². The van der Waals surface area contributed by atoms with Crippen LogP contribution in [0, 0.1) is 5.92 Å². The number of methoxy groups -OCH3 is 1. The molecule has 6 heteroatoms. The molecule has 3 atom stereocenters. The molecule has 1 aromatic carbocycles. The third-order valence-electron chi connectivity index (χ3n) is 4.44. The van der Waals surface area contributed by atoms with Gasteiger partial charge >= 0.3 is 5.97 Å². The van der Waals surface area contributed by atoms with E-state index in [9.17, 15) is 9.90 Å². The number of likely N-dealkylation sites (tertiary alicyclic amines) is 1. The predicted molar refractivity (Wildman–Crippen MR) is 82.6 cm³/mol. The number of benzene rings is 1. The van der Waals surface area contributed by atoms with E-state index in [1.807, 2.05) is 24.9 Å². The molecular formula is C15H19Cl2NO3. The van der Waals surface area contributed by atoms with Crippen LogP contribution in [-0.4, -0.2) is 42.3 Å². The van der Waals surface area contributed by atoms with Crippen LogP contribution in [0.15, 0.2) is 18.2 Å². The number of ether oxygens (including phenoxy) is 1. The Labute approximate surface area is 134 Å². The lowest BCUT2D eigenvalue weighted by Crippen LogP contribution is -2.47. The average molecular weight is 332 g/mol. The van der Waals surface area contributed by atoms with Crippen molar-refractivity contribution in [3.8, 4) is 0 Å². The number of hydrogen-bond acceptors (Lipinski definition) is 4. The summed E-state index contributed by atoms with van der Waals surface area (Å²) in [5.41, 5.74) is 0.0747. The molecule has 1 fully saturated rings. The molecule has 0 aromatic heterocycles. The number of nitrogens with zero attached hydrogens (tertiary/aromatic N) is 1. The van der Waals surface area contributed by atoms with Gasteiger partial charge in [0.25, 0.3) is 0 Å². The number of esters is 1. The summed E-state index contributed by atoms with van der Waals surface area (Å²) < 4.78 is 4.92. The summed E-state index contributed by atoms with van der Waals surface area (Å²) >= 11 is 12.2. The van der Waals surface area contributed by atoms with Crippen molar-refractivity contribution in [1.82, 2.24) is 4.90 Å². The molecule has 0 bridgehead atoms. The first-order valence-electron chi connectivity index (χ1n) is 6.72. The van der Waals surface area contributed by atoms with Crippen LogP contribution in [0.3, 0.4) is 0 Å². The fraction of sp³-hybridized carbons (Fsp3) is 0.533. The quantitative estimate of drug-likeness (QED) is 0.865. The van der Waals surface area contributed by atoms with E-state index in [0.717, 1.165) is 5.56 Å². The second-order valence-corrected chi connectivity index (χ2v) is 6.48. The molecule has 2 rings (SSSR count). The lowest BCUT2D eigenvalue weighted by atomic mass is 9.91. The van der Waals surface area contributed by atoms with Gasteiger partial charge in [-0.25, -0.2) is 0 Å². The van der Waals surface area contributed by atoms with E-state index in [-0.39, 0.29) is 24.5 Å². The van der Waals surface area contributed by atoms with E-state index in [1.165, 1.54) is 7.11 Å². The summed E-state index contributed by atoms with van der Waals surface area (Å²) in [5.74, 6) is -0.409. The minimum Gasteiger partial charge on any atom is -0.468 e. The molecule has 0 unspecified atom stereocenters. The highest BCUT2D eigenvalue weighted by molar-refractivity contribution is 6.35. The first-order valence-corrected chi connectivity index (χ1v) is 7.48. The highest BCUT2D eigenvalue weighted by Gasteiger charge is 2.52. The van der Waals surface area contributed by atoms with Crippen LogP contribution in [0.4, 0.5) is 0 Å². The highest BCUT2D eigenvalue weighted by atomic mass is 35.5. The first kappa shape index (κ1) is 16.6. The molecule has 0 radical (unpaired) electrons. The molecule has 0 spiro atoms. The second kappa shape index (κ2) is 6.13. The van der Waals surface area contributed by atoms with Crippen molar-refractivity contribution in [1.29, 1.82) is 0 Å². The first-order chi connectivity index (χ1) is 9.85. The summed E-state index contributed by atoms with van der Waals surface area (Å²) in [4.78, 5) is 14.0. The minimum atomic E-state index is -0.782. The summed E-state index contributed by atoms with van der Waals surface area (Å²) in [5, 5.41) is 10.8. The largest absolute Gasteiger partial charge is 0.468 e. The SMILES string of the molecule is COC(=O)[C@]1(C)C[C@@H](CO)[C@H](c2ccc(Cl)cc2Cl)N1C. The van der Waals surface area contributed by atoms with Crippen LogP contribution in [-0.2, 0) is 9.53 Å². The molecular weight excluding hydrogens is 313 g/mol. The van der Waals surface area contributed by atoms with Gasteiger partial charge < -0.3 is 9.84 Å². The third-order valence-corrected chi connectivity index (χ3v) is 5.01. The molecule has 1 aliphatic rings. The fourth-order valence-electron chi connectivity index (χ4n) is 3.20. The molecule has 1 aromatic rings. The summed E-state index contributed by atoms with van der Waals surface area (Å²) in [6, 6.07) is 5.12. The van der Waals surface area contributed by atoms with E-state index in [2.05, 4.69) is 0 Å². The Morgan fingerprint density at radius 2 is 2.19 bits per heavy atom. The molecule has 1 aliphatic heterocycles. The zero-order valence-corrected chi connectivity index (χ0v) is 13.8. The minimum absolute atomic E-state index is 0.0272.